The van der Waals surface area contributed by atoms with E-state index in [2.05, 4.69) is 34.4 Å². The molecule has 0 aromatic carbocycles. The molecule has 29 heavy (non-hydrogen) atoms. The molecule has 7 nitrogen and oxygen atoms in total. The van der Waals surface area contributed by atoms with E-state index in [1.54, 1.807) is 0 Å². The van der Waals surface area contributed by atoms with Crippen molar-refractivity contribution in [1.29, 1.82) is 0 Å². The van der Waals surface area contributed by atoms with Gasteiger partial charge in [0.15, 0.2) is 5.96 Å². The van der Waals surface area contributed by atoms with Crippen molar-refractivity contribution in [3.05, 3.63) is 0 Å². The molecule has 12 heteroatoms. The van der Waals surface area contributed by atoms with Crippen molar-refractivity contribution in [3.63, 3.8) is 0 Å². The zero-order valence-electron chi connectivity index (χ0n) is 17.8. The average molecular weight is 557 g/mol. The summed E-state index contributed by atoms with van der Waals surface area (Å²) in [4.78, 5) is 6.76. The number of aliphatic imine (C=N–C) groups is 1. The van der Waals surface area contributed by atoms with Crippen LogP contribution >= 0.6 is 24.0 Å². The third kappa shape index (κ3) is 9.13. The van der Waals surface area contributed by atoms with Crippen molar-refractivity contribution in [2.45, 2.75) is 57.6 Å². The number of likely N-dealkylation sites (N-methyl/N-ethyl adjacent to an activating group) is 1. The summed E-state index contributed by atoms with van der Waals surface area (Å²) < 4.78 is 61.6. The molecule has 0 amide bonds. The molecule has 1 unspecified atom stereocenters. The second-order valence-corrected chi connectivity index (χ2v) is 9.66. The van der Waals surface area contributed by atoms with Crippen LogP contribution in [0.3, 0.4) is 0 Å². The normalized spacial score (nSPS) is 18.6. The number of sulfonamides is 1. The second-order valence-electron chi connectivity index (χ2n) is 7.74. The largest absolute Gasteiger partial charge is 0.511 e. The Hall–Kier alpha value is -0.340. The number of guanidine groups is 1. The van der Waals surface area contributed by atoms with Gasteiger partial charge in [-0.05, 0) is 46.2 Å². The van der Waals surface area contributed by atoms with Gasteiger partial charge in [-0.1, -0.05) is 13.8 Å². The Morgan fingerprint density at radius 2 is 1.79 bits per heavy atom. The monoisotopic (exact) mass is 557 g/mol. The highest BCUT2D eigenvalue weighted by Crippen LogP contribution is 2.28. The molecule has 0 radical (unpaired) electrons. The highest BCUT2D eigenvalue weighted by Gasteiger charge is 2.50. The number of hydrogen-bond donors (Lipinski definition) is 2. The molecule has 0 spiro atoms. The molecule has 1 aliphatic rings. The molecule has 0 bridgehead atoms. The number of nitrogens with zero attached hydrogens (tertiary/aromatic N) is 3. The SMILES string of the molecule is CCNC(=NCC(CC(C)C)N(C)C)NC1CCN(S(=O)(=O)C(F)(F)F)CC1.I. The van der Waals surface area contributed by atoms with E-state index in [1.165, 1.54) is 0 Å². The summed E-state index contributed by atoms with van der Waals surface area (Å²) in [6.07, 6.45) is 1.59. The molecule has 0 saturated carbocycles. The molecule has 1 atom stereocenters. The topological polar surface area (TPSA) is 77.0 Å². The molecule has 1 saturated heterocycles. The first-order valence-electron chi connectivity index (χ1n) is 9.66. The Morgan fingerprint density at radius 3 is 2.21 bits per heavy atom. The molecule has 0 aromatic rings. The average Bonchev–Trinajstić information content (AvgIpc) is 2.57. The van der Waals surface area contributed by atoms with Crippen molar-refractivity contribution in [3.8, 4) is 0 Å². The summed E-state index contributed by atoms with van der Waals surface area (Å²) >= 11 is 0. The van der Waals surface area contributed by atoms with Crippen LogP contribution in [0.15, 0.2) is 4.99 Å². The molecule has 174 valence electrons. The Bertz CT molecular complexity index is 607. The summed E-state index contributed by atoms with van der Waals surface area (Å²) in [5, 5.41) is 6.38. The van der Waals surface area contributed by atoms with Crippen LogP contribution in [0.4, 0.5) is 13.2 Å². The maximum absolute atomic E-state index is 12.7. The fraction of sp³-hybridized carbons (Fsp3) is 0.941. The lowest BCUT2D eigenvalue weighted by atomic mass is 10.0. The van der Waals surface area contributed by atoms with Gasteiger partial charge in [0.2, 0.25) is 0 Å². The van der Waals surface area contributed by atoms with Gasteiger partial charge in [-0.25, -0.2) is 8.42 Å². The third-order valence-electron chi connectivity index (χ3n) is 4.71. The first-order chi connectivity index (χ1) is 12.9. The highest BCUT2D eigenvalue weighted by molar-refractivity contribution is 14.0. The molecule has 0 aliphatic carbocycles. The van der Waals surface area contributed by atoms with Gasteiger partial charge in [0.05, 0.1) is 6.54 Å². The van der Waals surface area contributed by atoms with E-state index in [0.717, 1.165) is 6.42 Å². The Balaban J connectivity index is 0.00000784. The summed E-state index contributed by atoms with van der Waals surface area (Å²) in [6.45, 7) is 7.19. The van der Waals surface area contributed by atoms with Crippen molar-refractivity contribution >= 4 is 40.0 Å². The lowest BCUT2D eigenvalue weighted by Crippen LogP contribution is -2.51. The fourth-order valence-corrected chi connectivity index (χ4v) is 4.07. The maximum Gasteiger partial charge on any atom is 0.511 e. The van der Waals surface area contributed by atoms with Crippen LogP contribution < -0.4 is 10.6 Å². The Labute approximate surface area is 189 Å². The second kappa shape index (κ2) is 12.5. The number of nitrogens with one attached hydrogen (secondary N) is 2. The van der Waals surface area contributed by atoms with E-state index in [4.69, 9.17) is 0 Å². The molecule has 0 aromatic heterocycles. The minimum absolute atomic E-state index is 0. The van der Waals surface area contributed by atoms with Gasteiger partial charge in [-0.2, -0.15) is 17.5 Å². The first kappa shape index (κ1) is 28.7. The van der Waals surface area contributed by atoms with Crippen LogP contribution in [0.5, 0.6) is 0 Å². The smallest absolute Gasteiger partial charge is 0.357 e. The summed E-state index contributed by atoms with van der Waals surface area (Å²) in [5.74, 6) is 1.15. The quantitative estimate of drug-likeness (QED) is 0.273. The molecule has 1 fully saturated rings. The van der Waals surface area contributed by atoms with Gasteiger partial charge in [-0.15, -0.1) is 24.0 Å². The zero-order valence-corrected chi connectivity index (χ0v) is 20.9. The Kier molecular flexibility index (Phi) is 12.4. The van der Waals surface area contributed by atoms with Gasteiger partial charge in [-0.3, -0.25) is 4.99 Å². The van der Waals surface area contributed by atoms with Gasteiger partial charge in [0, 0.05) is 31.7 Å². The van der Waals surface area contributed by atoms with Gasteiger partial charge < -0.3 is 15.5 Å². The first-order valence-corrected chi connectivity index (χ1v) is 11.1. The Morgan fingerprint density at radius 1 is 1.24 bits per heavy atom. The fourth-order valence-electron chi connectivity index (χ4n) is 3.09. The standard InChI is InChI=1S/C17H34F3N5O2S.HI/c1-6-21-16(22-12-15(24(4)5)11-13(2)3)23-14-7-9-25(10-8-14)28(26,27)17(18,19)20;/h13-15H,6-12H2,1-5H3,(H2,21,22,23);1H. The van der Waals surface area contributed by atoms with E-state index < -0.39 is 15.5 Å². The molecular weight excluding hydrogens is 522 g/mol. The number of halogens is 4. The van der Waals surface area contributed by atoms with Gasteiger partial charge in [0.1, 0.15) is 0 Å². The predicted octanol–water partition coefficient (Wildman–Crippen LogP) is 2.45. The molecule has 1 heterocycles. The molecule has 1 rings (SSSR count). The van der Waals surface area contributed by atoms with E-state index in [1.807, 2.05) is 21.0 Å². The van der Waals surface area contributed by atoms with Gasteiger partial charge in [0.25, 0.3) is 0 Å². The maximum atomic E-state index is 12.7. The van der Waals surface area contributed by atoms with Crippen molar-refractivity contribution < 1.29 is 21.6 Å². The van der Waals surface area contributed by atoms with E-state index in [0.29, 0.717) is 42.1 Å². The number of hydrogen-bond acceptors (Lipinski definition) is 4. The summed E-state index contributed by atoms with van der Waals surface area (Å²) in [7, 11) is -1.22. The summed E-state index contributed by atoms with van der Waals surface area (Å²) in [5.41, 5.74) is -5.25. The minimum Gasteiger partial charge on any atom is -0.357 e. The van der Waals surface area contributed by atoms with Crippen LogP contribution in [0.1, 0.15) is 40.0 Å². The van der Waals surface area contributed by atoms with Crippen LogP contribution in [0.2, 0.25) is 0 Å². The predicted molar refractivity (Wildman–Crippen MR) is 121 cm³/mol. The van der Waals surface area contributed by atoms with E-state index >= 15 is 0 Å². The number of alkyl halides is 3. The van der Waals surface area contributed by atoms with Crippen LogP contribution in [0.25, 0.3) is 0 Å². The molecule has 1 aliphatic heterocycles. The summed E-state index contributed by atoms with van der Waals surface area (Å²) in [6, 6.07) is 0.162. The number of piperidine rings is 1. The lowest BCUT2D eigenvalue weighted by molar-refractivity contribution is -0.0494. The third-order valence-corrected chi connectivity index (χ3v) is 6.34. The minimum atomic E-state index is -5.25. The van der Waals surface area contributed by atoms with Crippen molar-refractivity contribution in [1.82, 2.24) is 19.8 Å². The van der Waals surface area contributed by atoms with E-state index in [-0.39, 0.29) is 49.1 Å². The molecule has 2 N–H and O–H groups in total. The van der Waals surface area contributed by atoms with Gasteiger partial charge >= 0.3 is 15.5 Å². The van der Waals surface area contributed by atoms with E-state index in [9.17, 15) is 21.6 Å². The van der Waals surface area contributed by atoms with Crippen LogP contribution in [-0.4, -0.2) is 81.4 Å². The number of rotatable bonds is 8. The van der Waals surface area contributed by atoms with Crippen LogP contribution in [-0.2, 0) is 10.0 Å². The molecular formula is C17H35F3IN5O2S. The van der Waals surface area contributed by atoms with Crippen molar-refractivity contribution in [2.24, 2.45) is 10.9 Å². The highest BCUT2D eigenvalue weighted by atomic mass is 127. The lowest BCUT2D eigenvalue weighted by Gasteiger charge is -2.32. The van der Waals surface area contributed by atoms with Crippen molar-refractivity contribution in [2.75, 3.05) is 40.3 Å². The van der Waals surface area contributed by atoms with Crippen LogP contribution in [0, 0.1) is 5.92 Å². The zero-order chi connectivity index (χ0) is 21.5.